The van der Waals surface area contributed by atoms with Crippen LogP contribution in [0.25, 0.3) is 0 Å². The van der Waals surface area contributed by atoms with E-state index in [1.807, 2.05) is 19.1 Å². The van der Waals surface area contributed by atoms with Crippen molar-refractivity contribution in [3.8, 4) is 0 Å². The molecule has 0 unspecified atom stereocenters. The summed E-state index contributed by atoms with van der Waals surface area (Å²) in [5.41, 5.74) is 8.38. The molecule has 0 heterocycles. The van der Waals surface area contributed by atoms with Crippen LogP contribution in [0, 0.1) is 0 Å². The van der Waals surface area contributed by atoms with Crippen molar-refractivity contribution >= 4 is 11.6 Å². The van der Waals surface area contributed by atoms with E-state index in [4.69, 9.17) is 17.3 Å². The minimum Gasteiger partial charge on any atom is -0.328 e. The molecule has 0 bridgehead atoms. The predicted molar refractivity (Wildman–Crippen MR) is 58.2 cm³/mol. The van der Waals surface area contributed by atoms with Gasteiger partial charge in [-0.2, -0.15) is 0 Å². The van der Waals surface area contributed by atoms with Crippen molar-refractivity contribution in [1.29, 1.82) is 0 Å². The molecule has 0 saturated heterocycles. The van der Waals surface area contributed by atoms with Gasteiger partial charge in [-0.05, 0) is 43.0 Å². The standard InChI is InChI=1S/C11H16ClN/c1-3-9-7-11(12)5-4-10(9)6-8(2)13/h4-5,7-8H,3,6,13H2,1-2H3/t8-/m0/s1. The Morgan fingerprint density at radius 1 is 1.38 bits per heavy atom. The number of hydrogen-bond donors (Lipinski definition) is 1. The minimum atomic E-state index is 0.214. The number of halogens is 1. The zero-order chi connectivity index (χ0) is 9.84. The van der Waals surface area contributed by atoms with E-state index in [9.17, 15) is 0 Å². The Labute approximate surface area is 84.9 Å². The Morgan fingerprint density at radius 3 is 2.62 bits per heavy atom. The molecule has 1 rings (SSSR count). The second-order valence-corrected chi connectivity index (χ2v) is 3.88. The number of rotatable bonds is 3. The van der Waals surface area contributed by atoms with Crippen LogP contribution >= 0.6 is 11.6 Å². The second-order valence-electron chi connectivity index (χ2n) is 3.45. The average molecular weight is 198 g/mol. The monoisotopic (exact) mass is 197 g/mol. The highest BCUT2D eigenvalue weighted by Crippen LogP contribution is 2.17. The second kappa shape index (κ2) is 4.64. The van der Waals surface area contributed by atoms with Crippen LogP contribution in [0.3, 0.4) is 0 Å². The van der Waals surface area contributed by atoms with Crippen LogP contribution in [0.15, 0.2) is 18.2 Å². The predicted octanol–water partition coefficient (Wildman–Crippen LogP) is 2.79. The molecule has 0 aliphatic carbocycles. The molecule has 2 N–H and O–H groups in total. The van der Waals surface area contributed by atoms with E-state index in [0.717, 1.165) is 17.9 Å². The Hall–Kier alpha value is -0.530. The molecule has 0 radical (unpaired) electrons. The molecule has 0 aliphatic heterocycles. The van der Waals surface area contributed by atoms with Crippen molar-refractivity contribution in [2.75, 3.05) is 0 Å². The highest BCUT2D eigenvalue weighted by molar-refractivity contribution is 6.30. The summed E-state index contributed by atoms with van der Waals surface area (Å²) in [6.07, 6.45) is 1.95. The average Bonchev–Trinajstić information content (AvgIpc) is 2.07. The van der Waals surface area contributed by atoms with E-state index in [2.05, 4.69) is 13.0 Å². The van der Waals surface area contributed by atoms with Crippen molar-refractivity contribution in [2.45, 2.75) is 32.7 Å². The molecule has 2 heteroatoms. The van der Waals surface area contributed by atoms with Crippen LogP contribution in [-0.4, -0.2) is 6.04 Å². The molecule has 0 amide bonds. The summed E-state index contributed by atoms with van der Waals surface area (Å²) in [6, 6.07) is 6.24. The third kappa shape index (κ3) is 3.02. The van der Waals surface area contributed by atoms with Crippen molar-refractivity contribution in [1.82, 2.24) is 0 Å². The van der Waals surface area contributed by atoms with E-state index in [0.29, 0.717) is 0 Å². The van der Waals surface area contributed by atoms with Gasteiger partial charge in [0.2, 0.25) is 0 Å². The van der Waals surface area contributed by atoms with Crippen LogP contribution in [0.2, 0.25) is 5.02 Å². The first-order valence-electron chi connectivity index (χ1n) is 4.66. The molecule has 0 aliphatic rings. The normalized spacial score (nSPS) is 12.9. The molecule has 0 saturated carbocycles. The Balaban J connectivity index is 2.92. The maximum Gasteiger partial charge on any atom is 0.0408 e. The maximum absolute atomic E-state index is 5.90. The van der Waals surface area contributed by atoms with E-state index < -0.39 is 0 Å². The first kappa shape index (κ1) is 10.6. The molecule has 1 atom stereocenters. The SMILES string of the molecule is CCc1cc(Cl)ccc1C[C@H](C)N. The smallest absolute Gasteiger partial charge is 0.0408 e. The summed E-state index contributed by atoms with van der Waals surface area (Å²) in [7, 11) is 0. The maximum atomic E-state index is 5.90. The first-order valence-corrected chi connectivity index (χ1v) is 5.04. The van der Waals surface area contributed by atoms with Crippen LogP contribution in [-0.2, 0) is 12.8 Å². The zero-order valence-corrected chi connectivity index (χ0v) is 8.93. The molecule has 1 nitrogen and oxygen atoms in total. The third-order valence-corrected chi connectivity index (χ3v) is 2.33. The van der Waals surface area contributed by atoms with E-state index >= 15 is 0 Å². The van der Waals surface area contributed by atoms with Gasteiger partial charge in [-0.15, -0.1) is 0 Å². The van der Waals surface area contributed by atoms with Gasteiger partial charge in [-0.3, -0.25) is 0 Å². The molecular formula is C11H16ClN. The number of benzene rings is 1. The highest BCUT2D eigenvalue weighted by Gasteiger charge is 2.03. The minimum absolute atomic E-state index is 0.214. The lowest BCUT2D eigenvalue weighted by molar-refractivity contribution is 0.732. The number of hydrogen-bond acceptors (Lipinski definition) is 1. The molecule has 0 fully saturated rings. The topological polar surface area (TPSA) is 26.0 Å². The molecular weight excluding hydrogens is 182 g/mol. The third-order valence-electron chi connectivity index (χ3n) is 2.09. The van der Waals surface area contributed by atoms with Gasteiger partial charge in [0.1, 0.15) is 0 Å². The van der Waals surface area contributed by atoms with Gasteiger partial charge in [0.05, 0.1) is 0 Å². The fourth-order valence-electron chi connectivity index (χ4n) is 1.47. The summed E-state index contributed by atoms with van der Waals surface area (Å²) in [5.74, 6) is 0. The van der Waals surface area contributed by atoms with Crippen molar-refractivity contribution < 1.29 is 0 Å². The molecule has 1 aromatic carbocycles. The number of aryl methyl sites for hydroxylation is 1. The largest absolute Gasteiger partial charge is 0.328 e. The van der Waals surface area contributed by atoms with Crippen molar-refractivity contribution in [3.05, 3.63) is 34.3 Å². The van der Waals surface area contributed by atoms with Crippen molar-refractivity contribution in [3.63, 3.8) is 0 Å². The Morgan fingerprint density at radius 2 is 2.08 bits per heavy atom. The zero-order valence-electron chi connectivity index (χ0n) is 8.18. The summed E-state index contributed by atoms with van der Waals surface area (Å²) in [6.45, 7) is 4.16. The van der Waals surface area contributed by atoms with Gasteiger partial charge in [0, 0.05) is 11.1 Å². The summed E-state index contributed by atoms with van der Waals surface area (Å²) in [4.78, 5) is 0. The van der Waals surface area contributed by atoms with Gasteiger partial charge in [0.25, 0.3) is 0 Å². The first-order chi connectivity index (χ1) is 6.13. The fraction of sp³-hybridized carbons (Fsp3) is 0.455. The van der Waals surface area contributed by atoms with Gasteiger partial charge in [-0.1, -0.05) is 24.6 Å². The van der Waals surface area contributed by atoms with Crippen LogP contribution in [0.4, 0.5) is 0 Å². The Kier molecular flexibility index (Phi) is 3.76. The van der Waals surface area contributed by atoms with Crippen LogP contribution in [0.5, 0.6) is 0 Å². The fourth-order valence-corrected chi connectivity index (χ4v) is 1.66. The van der Waals surface area contributed by atoms with Gasteiger partial charge < -0.3 is 5.73 Å². The lowest BCUT2D eigenvalue weighted by Gasteiger charge is -2.10. The van der Waals surface area contributed by atoms with Gasteiger partial charge in [0.15, 0.2) is 0 Å². The van der Waals surface area contributed by atoms with E-state index in [1.54, 1.807) is 0 Å². The molecule has 0 aromatic heterocycles. The van der Waals surface area contributed by atoms with E-state index in [1.165, 1.54) is 11.1 Å². The Bertz CT molecular complexity index is 281. The quantitative estimate of drug-likeness (QED) is 0.793. The van der Waals surface area contributed by atoms with Gasteiger partial charge >= 0.3 is 0 Å². The van der Waals surface area contributed by atoms with Crippen LogP contribution < -0.4 is 5.73 Å². The van der Waals surface area contributed by atoms with Crippen molar-refractivity contribution in [2.24, 2.45) is 5.73 Å². The summed E-state index contributed by atoms with van der Waals surface area (Å²) >= 11 is 5.90. The summed E-state index contributed by atoms with van der Waals surface area (Å²) in [5, 5.41) is 0.810. The summed E-state index contributed by atoms with van der Waals surface area (Å²) < 4.78 is 0. The molecule has 1 aromatic rings. The molecule has 13 heavy (non-hydrogen) atoms. The highest BCUT2D eigenvalue weighted by atomic mass is 35.5. The van der Waals surface area contributed by atoms with Gasteiger partial charge in [-0.25, -0.2) is 0 Å². The lowest BCUT2D eigenvalue weighted by atomic mass is 10.00. The van der Waals surface area contributed by atoms with E-state index in [-0.39, 0.29) is 6.04 Å². The lowest BCUT2D eigenvalue weighted by Crippen LogP contribution is -2.18. The molecule has 72 valence electrons. The van der Waals surface area contributed by atoms with Crippen LogP contribution in [0.1, 0.15) is 25.0 Å². The number of nitrogens with two attached hydrogens (primary N) is 1. The molecule has 0 spiro atoms.